The predicted molar refractivity (Wildman–Crippen MR) is 82.7 cm³/mol. The molecule has 0 aliphatic heterocycles. The van der Waals surface area contributed by atoms with Gasteiger partial charge in [0.15, 0.2) is 0 Å². The summed E-state index contributed by atoms with van der Waals surface area (Å²) in [6.07, 6.45) is 4.95. The Labute approximate surface area is 124 Å². The van der Waals surface area contributed by atoms with Gasteiger partial charge in [0.1, 0.15) is 0 Å². The Bertz CT molecular complexity index is 524. The van der Waals surface area contributed by atoms with E-state index in [1.54, 1.807) is 11.8 Å². The molecule has 1 atom stereocenters. The molecule has 0 saturated heterocycles. The fourth-order valence-electron chi connectivity index (χ4n) is 2.01. The summed E-state index contributed by atoms with van der Waals surface area (Å²) in [6, 6.07) is 8.19. The third kappa shape index (κ3) is 4.08. The summed E-state index contributed by atoms with van der Waals surface area (Å²) in [5, 5.41) is 4.05. The fourth-order valence-corrected chi connectivity index (χ4v) is 2.42. The summed E-state index contributed by atoms with van der Waals surface area (Å²) in [6.45, 7) is 2.93. The second-order valence-corrected chi connectivity index (χ2v) is 5.84. The summed E-state index contributed by atoms with van der Waals surface area (Å²) >= 11 is 1.72. The minimum atomic E-state index is 0.594. The third-order valence-corrected chi connectivity index (χ3v) is 4.07. The van der Waals surface area contributed by atoms with Gasteiger partial charge in [-0.3, -0.25) is 0 Å². The van der Waals surface area contributed by atoms with Crippen molar-refractivity contribution < 1.29 is 4.52 Å². The topological polar surface area (TPSA) is 64.9 Å². The van der Waals surface area contributed by atoms with E-state index in [9.17, 15) is 0 Å². The van der Waals surface area contributed by atoms with Crippen LogP contribution in [-0.4, -0.2) is 22.9 Å². The number of aryl methyl sites for hydroxylation is 1. The average molecular weight is 291 g/mol. The molecule has 1 aromatic heterocycles. The molecule has 0 amide bonds. The molecule has 0 bridgehead atoms. The molecule has 0 aliphatic carbocycles. The first-order valence-electron chi connectivity index (χ1n) is 6.90. The van der Waals surface area contributed by atoms with Crippen molar-refractivity contribution in [2.75, 3.05) is 12.8 Å². The smallest absolute Gasteiger partial charge is 0.226 e. The van der Waals surface area contributed by atoms with Gasteiger partial charge in [0.2, 0.25) is 11.7 Å². The van der Waals surface area contributed by atoms with Gasteiger partial charge in [-0.05, 0) is 55.8 Å². The van der Waals surface area contributed by atoms with Crippen LogP contribution in [0, 0.1) is 5.92 Å². The molecule has 108 valence electrons. The maximum Gasteiger partial charge on any atom is 0.226 e. The number of hydrogen-bond donors (Lipinski definition) is 1. The first kappa shape index (κ1) is 15.1. The standard InChI is InChI=1S/C15H21N3OS/c1-11(9-10-16)3-8-14-17-15(18-19-14)12-4-6-13(20-2)7-5-12/h4-7,11H,3,8-10,16H2,1-2H3. The fraction of sp³-hybridized carbons (Fsp3) is 0.467. The van der Waals surface area contributed by atoms with Crippen LogP contribution in [0.1, 0.15) is 25.7 Å². The van der Waals surface area contributed by atoms with Gasteiger partial charge < -0.3 is 10.3 Å². The van der Waals surface area contributed by atoms with Crippen LogP contribution in [0.3, 0.4) is 0 Å². The normalized spacial score (nSPS) is 12.6. The quantitative estimate of drug-likeness (QED) is 0.792. The molecular formula is C15H21N3OS. The van der Waals surface area contributed by atoms with Crippen molar-refractivity contribution in [2.45, 2.75) is 31.1 Å². The maximum atomic E-state index is 5.55. The Kier molecular flexibility index (Phi) is 5.61. The van der Waals surface area contributed by atoms with Crippen LogP contribution < -0.4 is 5.73 Å². The lowest BCUT2D eigenvalue weighted by Gasteiger charge is -2.06. The van der Waals surface area contributed by atoms with E-state index >= 15 is 0 Å². The lowest BCUT2D eigenvalue weighted by atomic mass is 10.0. The van der Waals surface area contributed by atoms with Gasteiger partial charge in [-0.1, -0.05) is 12.1 Å². The van der Waals surface area contributed by atoms with Crippen molar-refractivity contribution in [1.82, 2.24) is 10.1 Å². The SMILES string of the molecule is CSc1ccc(-c2noc(CCC(C)CCN)n2)cc1. The molecule has 2 rings (SSSR count). The van der Waals surface area contributed by atoms with E-state index in [4.69, 9.17) is 10.3 Å². The van der Waals surface area contributed by atoms with E-state index in [-0.39, 0.29) is 0 Å². The van der Waals surface area contributed by atoms with Crippen LogP contribution in [-0.2, 0) is 6.42 Å². The summed E-state index contributed by atoms with van der Waals surface area (Å²) < 4.78 is 5.31. The number of nitrogens with two attached hydrogens (primary N) is 1. The predicted octanol–water partition coefficient (Wildman–Crippen LogP) is 3.38. The van der Waals surface area contributed by atoms with E-state index in [2.05, 4.69) is 35.5 Å². The molecule has 1 heterocycles. The molecule has 1 unspecified atom stereocenters. The highest BCUT2D eigenvalue weighted by atomic mass is 32.2. The number of benzene rings is 1. The minimum Gasteiger partial charge on any atom is -0.339 e. The van der Waals surface area contributed by atoms with Gasteiger partial charge in [0.05, 0.1) is 0 Å². The van der Waals surface area contributed by atoms with E-state index in [1.807, 2.05) is 12.1 Å². The van der Waals surface area contributed by atoms with E-state index in [0.29, 0.717) is 17.6 Å². The van der Waals surface area contributed by atoms with Gasteiger partial charge in [0.25, 0.3) is 0 Å². The Hall–Kier alpha value is -1.33. The molecule has 0 radical (unpaired) electrons. The van der Waals surface area contributed by atoms with Crippen LogP contribution in [0.4, 0.5) is 0 Å². The summed E-state index contributed by atoms with van der Waals surface area (Å²) in [5.41, 5.74) is 6.54. The first-order valence-corrected chi connectivity index (χ1v) is 8.12. The Morgan fingerprint density at radius 1 is 1.25 bits per heavy atom. The minimum absolute atomic E-state index is 0.594. The second-order valence-electron chi connectivity index (χ2n) is 4.96. The zero-order valence-electron chi connectivity index (χ0n) is 12.0. The zero-order valence-corrected chi connectivity index (χ0v) is 12.8. The van der Waals surface area contributed by atoms with E-state index in [1.165, 1.54) is 4.90 Å². The molecule has 1 aromatic carbocycles. The van der Waals surface area contributed by atoms with Crippen molar-refractivity contribution in [3.63, 3.8) is 0 Å². The summed E-state index contributed by atoms with van der Waals surface area (Å²) in [4.78, 5) is 5.68. The molecule has 0 aliphatic rings. The lowest BCUT2D eigenvalue weighted by molar-refractivity contribution is 0.362. The first-order chi connectivity index (χ1) is 9.72. The molecule has 0 spiro atoms. The number of thioether (sulfide) groups is 1. The number of aromatic nitrogens is 2. The van der Waals surface area contributed by atoms with Crippen molar-refractivity contribution in [1.29, 1.82) is 0 Å². The van der Waals surface area contributed by atoms with Crippen LogP contribution in [0.25, 0.3) is 11.4 Å². The molecule has 20 heavy (non-hydrogen) atoms. The Balaban J connectivity index is 1.97. The molecule has 0 fully saturated rings. The highest BCUT2D eigenvalue weighted by molar-refractivity contribution is 7.98. The van der Waals surface area contributed by atoms with Gasteiger partial charge in [0, 0.05) is 16.9 Å². The van der Waals surface area contributed by atoms with Crippen molar-refractivity contribution in [3.05, 3.63) is 30.2 Å². The number of rotatable bonds is 7. The van der Waals surface area contributed by atoms with Crippen LogP contribution in [0.5, 0.6) is 0 Å². The maximum absolute atomic E-state index is 5.55. The summed E-state index contributed by atoms with van der Waals surface area (Å²) in [5.74, 6) is 1.97. The number of hydrogen-bond acceptors (Lipinski definition) is 5. The molecule has 2 aromatic rings. The van der Waals surface area contributed by atoms with Crippen LogP contribution in [0.15, 0.2) is 33.7 Å². The summed E-state index contributed by atoms with van der Waals surface area (Å²) in [7, 11) is 0. The second kappa shape index (κ2) is 7.45. The highest BCUT2D eigenvalue weighted by Gasteiger charge is 2.10. The highest BCUT2D eigenvalue weighted by Crippen LogP contribution is 2.21. The molecule has 2 N–H and O–H groups in total. The lowest BCUT2D eigenvalue weighted by Crippen LogP contribution is -2.06. The van der Waals surface area contributed by atoms with E-state index in [0.717, 1.165) is 31.4 Å². The number of nitrogens with zero attached hydrogens (tertiary/aromatic N) is 2. The van der Waals surface area contributed by atoms with Gasteiger partial charge in [-0.15, -0.1) is 11.8 Å². The van der Waals surface area contributed by atoms with Crippen molar-refractivity contribution in [2.24, 2.45) is 11.7 Å². The molecule has 4 nitrogen and oxygen atoms in total. The molecule has 0 saturated carbocycles. The van der Waals surface area contributed by atoms with Crippen molar-refractivity contribution >= 4 is 11.8 Å². The average Bonchev–Trinajstić information content (AvgIpc) is 2.94. The monoisotopic (exact) mass is 291 g/mol. The van der Waals surface area contributed by atoms with Gasteiger partial charge in [-0.2, -0.15) is 4.98 Å². The van der Waals surface area contributed by atoms with Gasteiger partial charge >= 0.3 is 0 Å². The molecule has 5 heteroatoms. The Morgan fingerprint density at radius 3 is 2.65 bits per heavy atom. The Morgan fingerprint density at radius 2 is 2.00 bits per heavy atom. The van der Waals surface area contributed by atoms with Gasteiger partial charge in [-0.25, -0.2) is 0 Å². The van der Waals surface area contributed by atoms with Crippen LogP contribution in [0.2, 0.25) is 0 Å². The van der Waals surface area contributed by atoms with E-state index < -0.39 is 0 Å². The van der Waals surface area contributed by atoms with Crippen molar-refractivity contribution in [3.8, 4) is 11.4 Å². The largest absolute Gasteiger partial charge is 0.339 e. The third-order valence-electron chi connectivity index (χ3n) is 3.33. The van der Waals surface area contributed by atoms with Crippen LogP contribution >= 0.6 is 11.8 Å². The zero-order chi connectivity index (χ0) is 14.4. The molecular weight excluding hydrogens is 270 g/mol.